The Bertz CT molecular complexity index is 1100. The highest BCUT2D eigenvalue weighted by molar-refractivity contribution is 6.31. The first kappa shape index (κ1) is 25.0. The third-order valence-electron chi connectivity index (χ3n) is 6.73. The lowest BCUT2D eigenvalue weighted by Crippen LogP contribution is -2.52. The molecule has 2 amide bonds. The number of hydrogen-bond acceptors (Lipinski definition) is 2. The molecule has 1 aliphatic carbocycles. The van der Waals surface area contributed by atoms with Crippen LogP contribution >= 0.6 is 11.6 Å². The lowest BCUT2D eigenvalue weighted by atomic mass is 10.0. The molecule has 3 aromatic carbocycles. The standard InChI is InChI=1S/C30H33ClN2O2/c31-27-18-10-7-15-25(27)19-20-29(34)33(22-24-13-5-2-6-14-24)28(21-23-11-3-1-4-12-23)30(35)32-26-16-8-9-17-26/h1-7,10-15,18,26,28H,8-9,16-17,19-22H2,(H,32,35)/t28-/m0/s1. The quantitative estimate of drug-likeness (QED) is 0.382. The minimum atomic E-state index is -0.586. The second kappa shape index (κ2) is 12.6. The van der Waals surface area contributed by atoms with Gasteiger partial charge in [0.25, 0.3) is 0 Å². The zero-order chi connectivity index (χ0) is 24.5. The normalized spacial score (nSPS) is 14.4. The Hall–Kier alpha value is -3.11. The van der Waals surface area contributed by atoms with Gasteiger partial charge in [-0.3, -0.25) is 9.59 Å². The molecule has 0 heterocycles. The Morgan fingerprint density at radius 2 is 1.46 bits per heavy atom. The number of carbonyl (C=O) groups excluding carboxylic acids is 2. The van der Waals surface area contributed by atoms with Crippen molar-refractivity contribution in [2.75, 3.05) is 0 Å². The Balaban J connectivity index is 1.60. The second-order valence-electron chi connectivity index (χ2n) is 9.29. The summed E-state index contributed by atoms with van der Waals surface area (Å²) < 4.78 is 0. The monoisotopic (exact) mass is 488 g/mol. The summed E-state index contributed by atoms with van der Waals surface area (Å²) >= 11 is 6.34. The third kappa shape index (κ3) is 7.19. The molecule has 0 aromatic heterocycles. The van der Waals surface area contributed by atoms with E-state index >= 15 is 0 Å². The van der Waals surface area contributed by atoms with E-state index in [2.05, 4.69) is 5.32 Å². The Labute approximate surface area is 213 Å². The zero-order valence-corrected chi connectivity index (χ0v) is 20.8. The highest BCUT2D eigenvalue weighted by atomic mass is 35.5. The maximum absolute atomic E-state index is 13.7. The maximum atomic E-state index is 13.7. The van der Waals surface area contributed by atoms with Crippen molar-refractivity contribution >= 4 is 23.4 Å². The van der Waals surface area contributed by atoms with E-state index in [1.165, 1.54) is 0 Å². The van der Waals surface area contributed by atoms with E-state index in [0.29, 0.717) is 30.8 Å². The second-order valence-corrected chi connectivity index (χ2v) is 9.70. The van der Waals surface area contributed by atoms with Gasteiger partial charge in [0.05, 0.1) is 0 Å². The van der Waals surface area contributed by atoms with Crippen LogP contribution in [0.2, 0.25) is 5.02 Å². The molecular formula is C30H33ClN2O2. The van der Waals surface area contributed by atoms with Gasteiger partial charge in [-0.1, -0.05) is 103 Å². The van der Waals surface area contributed by atoms with E-state index < -0.39 is 6.04 Å². The highest BCUT2D eigenvalue weighted by Crippen LogP contribution is 2.22. The van der Waals surface area contributed by atoms with Crippen LogP contribution in [0.1, 0.15) is 48.8 Å². The molecule has 0 radical (unpaired) electrons. The lowest BCUT2D eigenvalue weighted by Gasteiger charge is -2.32. The molecule has 1 N–H and O–H groups in total. The number of nitrogens with one attached hydrogen (secondary N) is 1. The van der Waals surface area contributed by atoms with Crippen LogP contribution in [-0.2, 0) is 29.0 Å². The van der Waals surface area contributed by atoms with E-state index in [4.69, 9.17) is 11.6 Å². The largest absolute Gasteiger partial charge is 0.352 e. The van der Waals surface area contributed by atoms with Gasteiger partial charge in [-0.15, -0.1) is 0 Å². The molecule has 0 saturated heterocycles. The number of nitrogens with zero attached hydrogens (tertiary/aromatic N) is 1. The fourth-order valence-electron chi connectivity index (χ4n) is 4.79. The van der Waals surface area contributed by atoms with E-state index in [9.17, 15) is 9.59 Å². The average molecular weight is 489 g/mol. The van der Waals surface area contributed by atoms with Crippen LogP contribution in [0.3, 0.4) is 0 Å². The first-order valence-electron chi connectivity index (χ1n) is 12.5. The molecule has 182 valence electrons. The van der Waals surface area contributed by atoms with Gasteiger partial charge in [0, 0.05) is 30.5 Å². The summed E-state index contributed by atoms with van der Waals surface area (Å²) in [6.07, 6.45) is 5.58. The summed E-state index contributed by atoms with van der Waals surface area (Å²) in [5.74, 6) is -0.112. The number of halogens is 1. The minimum Gasteiger partial charge on any atom is -0.352 e. The zero-order valence-electron chi connectivity index (χ0n) is 20.0. The van der Waals surface area contributed by atoms with Crippen molar-refractivity contribution in [2.24, 2.45) is 0 Å². The van der Waals surface area contributed by atoms with E-state index in [1.807, 2.05) is 84.9 Å². The molecule has 3 aromatic rings. The fourth-order valence-corrected chi connectivity index (χ4v) is 5.02. The van der Waals surface area contributed by atoms with Crippen molar-refractivity contribution in [3.63, 3.8) is 0 Å². The molecule has 0 spiro atoms. The average Bonchev–Trinajstić information content (AvgIpc) is 3.39. The molecule has 0 unspecified atom stereocenters. The van der Waals surface area contributed by atoms with Crippen LogP contribution in [-0.4, -0.2) is 28.8 Å². The number of aryl methyl sites for hydroxylation is 1. The summed E-state index contributed by atoms with van der Waals surface area (Å²) in [6, 6.07) is 27.1. The minimum absolute atomic E-state index is 0.0451. The molecule has 4 nitrogen and oxygen atoms in total. The van der Waals surface area contributed by atoms with Crippen LogP contribution in [0, 0.1) is 0 Å². The SMILES string of the molecule is O=C(NC1CCCC1)[C@H](Cc1ccccc1)N(Cc1ccccc1)C(=O)CCc1ccccc1Cl. The van der Waals surface area contributed by atoms with Gasteiger partial charge in [0.15, 0.2) is 0 Å². The van der Waals surface area contributed by atoms with Gasteiger partial charge in [0.1, 0.15) is 6.04 Å². The molecule has 1 aliphatic rings. The van der Waals surface area contributed by atoms with Crippen LogP contribution < -0.4 is 5.32 Å². The van der Waals surface area contributed by atoms with Crippen LogP contribution in [0.5, 0.6) is 0 Å². The van der Waals surface area contributed by atoms with Crippen molar-refractivity contribution in [3.8, 4) is 0 Å². The van der Waals surface area contributed by atoms with Gasteiger partial charge < -0.3 is 10.2 Å². The van der Waals surface area contributed by atoms with E-state index in [0.717, 1.165) is 42.4 Å². The number of benzene rings is 3. The molecule has 1 fully saturated rings. The lowest BCUT2D eigenvalue weighted by molar-refractivity contribution is -0.141. The highest BCUT2D eigenvalue weighted by Gasteiger charge is 2.32. The molecular weight excluding hydrogens is 456 g/mol. The van der Waals surface area contributed by atoms with Crippen molar-refractivity contribution in [1.82, 2.24) is 10.2 Å². The maximum Gasteiger partial charge on any atom is 0.243 e. The summed E-state index contributed by atoms with van der Waals surface area (Å²) in [5, 5.41) is 3.91. The van der Waals surface area contributed by atoms with E-state index in [1.54, 1.807) is 4.90 Å². The Morgan fingerprint density at radius 1 is 0.857 bits per heavy atom. The van der Waals surface area contributed by atoms with Crippen molar-refractivity contribution < 1.29 is 9.59 Å². The summed E-state index contributed by atoms with van der Waals surface area (Å²) in [7, 11) is 0. The van der Waals surface area contributed by atoms with Gasteiger partial charge in [-0.2, -0.15) is 0 Å². The summed E-state index contributed by atoms with van der Waals surface area (Å²) in [5.41, 5.74) is 2.98. The third-order valence-corrected chi connectivity index (χ3v) is 7.10. The Kier molecular flexibility index (Phi) is 8.96. The van der Waals surface area contributed by atoms with Crippen LogP contribution in [0.4, 0.5) is 0 Å². The number of amides is 2. The Morgan fingerprint density at radius 3 is 2.11 bits per heavy atom. The van der Waals surface area contributed by atoms with Crippen LogP contribution in [0.25, 0.3) is 0 Å². The fraction of sp³-hybridized carbons (Fsp3) is 0.333. The van der Waals surface area contributed by atoms with Crippen molar-refractivity contribution in [2.45, 2.75) is 63.6 Å². The van der Waals surface area contributed by atoms with Crippen molar-refractivity contribution in [3.05, 3.63) is 107 Å². The molecule has 0 aliphatic heterocycles. The number of rotatable bonds is 10. The molecule has 4 rings (SSSR count). The topological polar surface area (TPSA) is 49.4 Å². The number of carbonyl (C=O) groups is 2. The predicted molar refractivity (Wildman–Crippen MR) is 141 cm³/mol. The van der Waals surface area contributed by atoms with Gasteiger partial charge in [-0.25, -0.2) is 0 Å². The van der Waals surface area contributed by atoms with Gasteiger partial charge in [0.2, 0.25) is 11.8 Å². The number of hydrogen-bond donors (Lipinski definition) is 1. The van der Waals surface area contributed by atoms with E-state index in [-0.39, 0.29) is 17.9 Å². The first-order chi connectivity index (χ1) is 17.1. The predicted octanol–water partition coefficient (Wildman–Crippen LogP) is 5.97. The van der Waals surface area contributed by atoms with Crippen molar-refractivity contribution in [1.29, 1.82) is 0 Å². The molecule has 1 saturated carbocycles. The summed E-state index contributed by atoms with van der Waals surface area (Å²) in [6.45, 7) is 0.387. The van der Waals surface area contributed by atoms with Gasteiger partial charge in [-0.05, 0) is 42.0 Å². The smallest absolute Gasteiger partial charge is 0.243 e. The molecule has 5 heteroatoms. The van der Waals surface area contributed by atoms with Gasteiger partial charge >= 0.3 is 0 Å². The van der Waals surface area contributed by atoms with Crippen LogP contribution in [0.15, 0.2) is 84.9 Å². The molecule has 0 bridgehead atoms. The molecule has 35 heavy (non-hydrogen) atoms. The molecule has 1 atom stereocenters. The first-order valence-corrected chi connectivity index (χ1v) is 12.9. The summed E-state index contributed by atoms with van der Waals surface area (Å²) in [4.78, 5) is 29.1.